The van der Waals surface area contributed by atoms with Crippen molar-refractivity contribution in [2.24, 2.45) is 0 Å². The summed E-state index contributed by atoms with van der Waals surface area (Å²) in [5.41, 5.74) is 0.803. The van der Waals surface area contributed by atoms with E-state index in [1.165, 1.54) is 11.3 Å². The van der Waals surface area contributed by atoms with E-state index in [4.69, 9.17) is 5.11 Å². The van der Waals surface area contributed by atoms with Crippen molar-refractivity contribution >= 4 is 28.3 Å². The zero-order valence-corrected chi connectivity index (χ0v) is 12.9. The van der Waals surface area contributed by atoms with Crippen LogP contribution in [0.1, 0.15) is 56.0 Å². The quantitative estimate of drug-likeness (QED) is 0.685. The number of rotatable bonds is 9. The molecule has 0 radical (unpaired) electrons. The largest absolute Gasteiger partial charge is 0.481 e. The molecule has 0 spiro atoms. The molecule has 0 aliphatic carbocycles. The minimum atomic E-state index is -0.820. The molecule has 1 aromatic rings. The van der Waals surface area contributed by atoms with Crippen molar-refractivity contribution in [2.45, 2.75) is 58.8 Å². The summed E-state index contributed by atoms with van der Waals surface area (Å²) >= 11 is 1.37. The number of carbonyl (C=O) groups is 2. The van der Waals surface area contributed by atoms with E-state index in [1.807, 2.05) is 6.92 Å². The summed E-state index contributed by atoms with van der Waals surface area (Å²) < 4.78 is 0. The Kier molecular flexibility index (Phi) is 7.22. The summed E-state index contributed by atoms with van der Waals surface area (Å²) in [5.74, 6) is -0.834. The molecule has 0 saturated carbocycles. The van der Waals surface area contributed by atoms with Crippen LogP contribution in [0, 0.1) is 6.92 Å². The van der Waals surface area contributed by atoms with Gasteiger partial charge in [-0.2, -0.15) is 0 Å². The first-order valence-electron chi connectivity index (χ1n) is 7.01. The first kappa shape index (κ1) is 16.6. The maximum atomic E-state index is 11.7. The molecule has 1 rings (SSSR count). The van der Waals surface area contributed by atoms with Gasteiger partial charge in [-0.25, -0.2) is 4.98 Å². The van der Waals surface area contributed by atoms with Crippen molar-refractivity contribution in [3.8, 4) is 0 Å². The Bertz CT molecular complexity index is 457. The molecule has 1 heterocycles. The molecule has 5 nitrogen and oxygen atoms in total. The normalized spacial score (nSPS) is 10.5. The number of unbranched alkanes of at least 4 members (excludes halogenated alkanes) is 3. The van der Waals surface area contributed by atoms with E-state index in [9.17, 15) is 9.59 Å². The Labute approximate surface area is 123 Å². The summed E-state index contributed by atoms with van der Waals surface area (Å²) in [6.45, 7) is 3.97. The van der Waals surface area contributed by atoms with Gasteiger partial charge in [0.05, 0.1) is 12.1 Å². The third-order valence-electron chi connectivity index (χ3n) is 2.96. The maximum absolute atomic E-state index is 11.7. The minimum absolute atomic E-state index is 0.0142. The second kappa shape index (κ2) is 8.68. The van der Waals surface area contributed by atoms with E-state index < -0.39 is 5.97 Å². The Hall–Kier alpha value is -1.43. The monoisotopic (exact) mass is 298 g/mol. The molecule has 112 valence electrons. The number of anilines is 1. The number of nitrogens with one attached hydrogen (secondary N) is 1. The van der Waals surface area contributed by atoms with Crippen LogP contribution in [0.2, 0.25) is 0 Å². The standard InChI is InChI=1S/C14H22N2O3S/c1-3-4-5-6-7-12(17)16-14-15-10(2)11(20-14)8-9-13(18)19/h3-9H2,1-2H3,(H,18,19)(H,15,16,17). The molecule has 1 amide bonds. The van der Waals surface area contributed by atoms with Crippen LogP contribution in [0.5, 0.6) is 0 Å². The predicted octanol–water partition coefficient (Wildman–Crippen LogP) is 3.38. The molecule has 0 aliphatic heterocycles. The fourth-order valence-electron chi connectivity index (χ4n) is 1.83. The van der Waals surface area contributed by atoms with E-state index in [0.29, 0.717) is 18.0 Å². The van der Waals surface area contributed by atoms with Crippen molar-refractivity contribution in [1.29, 1.82) is 0 Å². The molecule has 0 aliphatic rings. The molecule has 1 aromatic heterocycles. The van der Waals surface area contributed by atoms with Crippen LogP contribution in [0.4, 0.5) is 5.13 Å². The number of thiazole rings is 1. The number of carbonyl (C=O) groups excluding carboxylic acids is 1. The van der Waals surface area contributed by atoms with Crippen LogP contribution in [-0.4, -0.2) is 22.0 Å². The zero-order valence-electron chi connectivity index (χ0n) is 12.1. The highest BCUT2D eigenvalue weighted by molar-refractivity contribution is 7.15. The highest BCUT2D eigenvalue weighted by atomic mass is 32.1. The van der Waals surface area contributed by atoms with Gasteiger partial charge >= 0.3 is 5.97 Å². The Morgan fingerprint density at radius 2 is 2.00 bits per heavy atom. The summed E-state index contributed by atoms with van der Waals surface area (Å²) in [5, 5.41) is 12.0. The lowest BCUT2D eigenvalue weighted by molar-refractivity contribution is -0.136. The number of amides is 1. The number of aryl methyl sites for hydroxylation is 2. The first-order valence-corrected chi connectivity index (χ1v) is 7.82. The lowest BCUT2D eigenvalue weighted by Gasteiger charge is -2.01. The highest BCUT2D eigenvalue weighted by Gasteiger charge is 2.11. The number of hydrogen-bond acceptors (Lipinski definition) is 4. The van der Waals surface area contributed by atoms with Gasteiger partial charge in [0.25, 0.3) is 0 Å². The third-order valence-corrected chi connectivity index (χ3v) is 4.09. The summed E-state index contributed by atoms with van der Waals surface area (Å²) in [6, 6.07) is 0. The lowest BCUT2D eigenvalue weighted by Crippen LogP contribution is -2.10. The zero-order chi connectivity index (χ0) is 15.0. The van der Waals surface area contributed by atoms with Crippen molar-refractivity contribution in [1.82, 2.24) is 4.98 Å². The van der Waals surface area contributed by atoms with Crippen LogP contribution in [0.15, 0.2) is 0 Å². The molecular formula is C14H22N2O3S. The van der Waals surface area contributed by atoms with Crippen LogP contribution in [-0.2, 0) is 16.0 Å². The van der Waals surface area contributed by atoms with E-state index in [0.717, 1.165) is 36.3 Å². The van der Waals surface area contributed by atoms with E-state index >= 15 is 0 Å². The number of nitrogens with zero attached hydrogens (tertiary/aromatic N) is 1. The van der Waals surface area contributed by atoms with Crippen LogP contribution < -0.4 is 5.32 Å². The van der Waals surface area contributed by atoms with Crippen LogP contribution in [0.25, 0.3) is 0 Å². The average molecular weight is 298 g/mol. The van der Waals surface area contributed by atoms with Gasteiger partial charge in [-0.1, -0.05) is 26.2 Å². The predicted molar refractivity (Wildman–Crippen MR) is 80.2 cm³/mol. The molecule has 0 bridgehead atoms. The van der Waals surface area contributed by atoms with Gasteiger partial charge in [0.15, 0.2) is 5.13 Å². The maximum Gasteiger partial charge on any atom is 0.303 e. The van der Waals surface area contributed by atoms with E-state index in [2.05, 4.69) is 17.2 Å². The molecule has 0 aromatic carbocycles. The average Bonchev–Trinajstić information content (AvgIpc) is 2.72. The second-order valence-electron chi connectivity index (χ2n) is 4.78. The highest BCUT2D eigenvalue weighted by Crippen LogP contribution is 2.24. The number of hydrogen-bond donors (Lipinski definition) is 2. The van der Waals surface area contributed by atoms with Crippen molar-refractivity contribution < 1.29 is 14.7 Å². The van der Waals surface area contributed by atoms with Crippen molar-refractivity contribution in [2.75, 3.05) is 5.32 Å². The van der Waals surface area contributed by atoms with Crippen molar-refractivity contribution in [3.05, 3.63) is 10.6 Å². The van der Waals surface area contributed by atoms with Gasteiger partial charge in [0.2, 0.25) is 5.91 Å². The fourth-order valence-corrected chi connectivity index (χ4v) is 2.81. The first-order chi connectivity index (χ1) is 9.52. The minimum Gasteiger partial charge on any atom is -0.481 e. The SMILES string of the molecule is CCCCCCC(=O)Nc1nc(C)c(CCC(=O)O)s1. The summed E-state index contributed by atoms with van der Waals surface area (Å²) in [7, 11) is 0. The number of carboxylic acid groups (broad SMARTS) is 1. The fraction of sp³-hybridized carbons (Fsp3) is 0.643. The number of aromatic nitrogens is 1. The topological polar surface area (TPSA) is 79.3 Å². The molecule has 0 atom stereocenters. The summed E-state index contributed by atoms with van der Waals surface area (Å²) in [4.78, 5) is 27.5. The summed E-state index contributed by atoms with van der Waals surface area (Å²) in [6.07, 6.45) is 5.35. The molecule has 2 N–H and O–H groups in total. The lowest BCUT2D eigenvalue weighted by atomic mass is 10.1. The van der Waals surface area contributed by atoms with E-state index in [-0.39, 0.29) is 12.3 Å². The Morgan fingerprint density at radius 3 is 2.65 bits per heavy atom. The number of carboxylic acids is 1. The molecule has 0 unspecified atom stereocenters. The molecule has 0 fully saturated rings. The molecule has 20 heavy (non-hydrogen) atoms. The second-order valence-corrected chi connectivity index (χ2v) is 5.86. The van der Waals surface area contributed by atoms with Gasteiger partial charge < -0.3 is 10.4 Å². The van der Waals surface area contributed by atoms with Crippen LogP contribution >= 0.6 is 11.3 Å². The van der Waals surface area contributed by atoms with Gasteiger partial charge in [-0.15, -0.1) is 11.3 Å². The van der Waals surface area contributed by atoms with Gasteiger partial charge in [-0.05, 0) is 19.8 Å². The number of aliphatic carboxylic acids is 1. The Balaban J connectivity index is 2.41. The van der Waals surface area contributed by atoms with Gasteiger partial charge in [-0.3, -0.25) is 9.59 Å². The van der Waals surface area contributed by atoms with Crippen LogP contribution in [0.3, 0.4) is 0 Å². The smallest absolute Gasteiger partial charge is 0.303 e. The van der Waals surface area contributed by atoms with Gasteiger partial charge in [0, 0.05) is 11.3 Å². The Morgan fingerprint density at radius 1 is 1.25 bits per heavy atom. The van der Waals surface area contributed by atoms with Gasteiger partial charge in [0.1, 0.15) is 0 Å². The van der Waals surface area contributed by atoms with E-state index in [1.54, 1.807) is 0 Å². The third kappa shape index (κ3) is 6.14. The molecular weight excluding hydrogens is 276 g/mol. The van der Waals surface area contributed by atoms with Crippen molar-refractivity contribution in [3.63, 3.8) is 0 Å². The molecule has 0 saturated heterocycles. The molecule has 6 heteroatoms.